The molecule has 1 N–H and O–H groups in total. The first-order valence-corrected chi connectivity index (χ1v) is 3.47. The highest BCUT2D eigenvalue weighted by Gasteiger charge is 2.11. The van der Waals surface area contributed by atoms with Crippen LogP contribution in [0, 0.1) is 0 Å². The van der Waals surface area contributed by atoms with Crippen molar-refractivity contribution in [2.24, 2.45) is 0 Å². The molecule has 1 aromatic heterocycles. The van der Waals surface area contributed by atoms with Crippen molar-refractivity contribution in [1.29, 1.82) is 0 Å². The van der Waals surface area contributed by atoms with Crippen molar-refractivity contribution in [2.45, 2.75) is 12.8 Å². The molecule has 50 valence electrons. The molecule has 0 spiro atoms. The predicted octanol–water partition coefficient (Wildman–Crippen LogP) is 0.525. The van der Waals surface area contributed by atoms with Crippen molar-refractivity contribution < 1.29 is 0 Å². The van der Waals surface area contributed by atoms with Crippen LogP contribution in [0.3, 0.4) is 0 Å². The topological polar surface area (TPSA) is 15.8 Å². The molecule has 0 bridgehead atoms. The zero-order chi connectivity index (χ0) is 6.97. The number of hydrogen-bond donors (Lipinski definition) is 1. The van der Waals surface area contributed by atoms with E-state index in [0.717, 1.165) is 5.35 Å². The lowest BCUT2D eigenvalue weighted by Crippen LogP contribution is -2.20. The minimum atomic E-state index is 1.05. The summed E-state index contributed by atoms with van der Waals surface area (Å²) in [5, 5.41) is 2.36. The summed E-state index contributed by atoms with van der Waals surface area (Å²) in [6.07, 6.45) is 4.45. The Morgan fingerprint density at radius 2 is 2.30 bits per heavy atom. The number of H-pyrrole nitrogens is 1. The molecule has 1 heteroatoms. The van der Waals surface area contributed by atoms with Gasteiger partial charge < -0.3 is 4.98 Å². The van der Waals surface area contributed by atoms with Gasteiger partial charge in [0.25, 0.3) is 0 Å². The van der Waals surface area contributed by atoms with Crippen molar-refractivity contribution in [2.75, 3.05) is 0 Å². The molecular formula is C9H9N. The second-order valence-corrected chi connectivity index (χ2v) is 2.55. The van der Waals surface area contributed by atoms with Crippen molar-refractivity contribution in [3.8, 4) is 0 Å². The molecule has 2 rings (SSSR count). The fourth-order valence-corrected chi connectivity index (χ4v) is 1.14. The van der Waals surface area contributed by atoms with E-state index < -0.39 is 0 Å². The molecule has 0 saturated heterocycles. The highest BCUT2D eigenvalue weighted by atomic mass is 14.6. The van der Waals surface area contributed by atoms with E-state index in [0.29, 0.717) is 0 Å². The van der Waals surface area contributed by atoms with E-state index in [1.54, 1.807) is 0 Å². The Morgan fingerprint density at radius 1 is 1.50 bits per heavy atom. The smallest absolute Gasteiger partial charge is 0.0880 e. The van der Waals surface area contributed by atoms with E-state index in [2.05, 4.69) is 23.4 Å². The van der Waals surface area contributed by atoms with Crippen LogP contribution in [0.4, 0.5) is 0 Å². The Morgan fingerprint density at radius 3 is 2.90 bits per heavy atom. The van der Waals surface area contributed by atoms with Crippen LogP contribution in [0.1, 0.15) is 12.8 Å². The molecule has 1 aliphatic carbocycles. The third-order valence-electron chi connectivity index (χ3n) is 1.80. The van der Waals surface area contributed by atoms with Gasteiger partial charge in [-0.15, -0.1) is 5.73 Å². The molecule has 1 aromatic rings. The highest BCUT2D eigenvalue weighted by Crippen LogP contribution is 2.26. The van der Waals surface area contributed by atoms with E-state index in [4.69, 9.17) is 0 Å². The van der Waals surface area contributed by atoms with E-state index in [-0.39, 0.29) is 0 Å². The van der Waals surface area contributed by atoms with Crippen LogP contribution in [0.15, 0.2) is 18.8 Å². The molecule has 0 unspecified atom stereocenters. The number of hydrogen-bond acceptors (Lipinski definition) is 0. The summed E-state index contributed by atoms with van der Waals surface area (Å²) in [6, 6.07) is 2.09. The predicted molar refractivity (Wildman–Crippen MR) is 41.7 cm³/mol. The molecule has 0 radical (unpaired) electrons. The lowest BCUT2D eigenvalue weighted by atomic mass is 10.4. The molecule has 0 aliphatic heterocycles. The van der Waals surface area contributed by atoms with Crippen molar-refractivity contribution >= 4 is 11.3 Å². The summed E-state index contributed by atoms with van der Waals surface area (Å²) in [5.41, 5.74) is 4.41. The summed E-state index contributed by atoms with van der Waals surface area (Å²) < 4.78 is 0. The SMILES string of the molecule is C=C=c1[nH]ccc1=C1CC1. The van der Waals surface area contributed by atoms with Crippen molar-refractivity contribution in [1.82, 2.24) is 4.98 Å². The van der Waals surface area contributed by atoms with Gasteiger partial charge in [0.05, 0.1) is 5.35 Å². The average Bonchev–Trinajstić information content (AvgIpc) is 2.69. The van der Waals surface area contributed by atoms with Gasteiger partial charge in [-0.05, 0) is 18.9 Å². The van der Waals surface area contributed by atoms with Gasteiger partial charge in [0, 0.05) is 11.4 Å². The first-order chi connectivity index (χ1) is 4.92. The van der Waals surface area contributed by atoms with Gasteiger partial charge in [-0.25, -0.2) is 0 Å². The minimum Gasteiger partial charge on any atom is -0.355 e. The molecule has 0 aromatic carbocycles. The minimum absolute atomic E-state index is 1.05. The monoisotopic (exact) mass is 131 g/mol. The Balaban J connectivity index is 2.96. The molecule has 1 heterocycles. The van der Waals surface area contributed by atoms with Crippen LogP contribution < -0.4 is 10.6 Å². The standard InChI is InChI=1S/C9H9N/c1-2-9-8(5-6-10-9)7-3-4-7/h5-6,10H,1,3-4H2. The summed E-state index contributed by atoms with van der Waals surface area (Å²) in [4.78, 5) is 3.08. The summed E-state index contributed by atoms with van der Waals surface area (Å²) >= 11 is 0. The molecule has 1 saturated carbocycles. The van der Waals surface area contributed by atoms with E-state index in [1.165, 1.54) is 23.6 Å². The van der Waals surface area contributed by atoms with Gasteiger partial charge in [-0.3, -0.25) is 0 Å². The molecule has 1 fully saturated rings. The summed E-state index contributed by atoms with van der Waals surface area (Å²) in [5.74, 6) is 0. The van der Waals surface area contributed by atoms with E-state index in [9.17, 15) is 0 Å². The summed E-state index contributed by atoms with van der Waals surface area (Å²) in [7, 11) is 0. The second-order valence-electron chi connectivity index (χ2n) is 2.55. The van der Waals surface area contributed by atoms with E-state index >= 15 is 0 Å². The quantitative estimate of drug-likeness (QED) is 0.528. The van der Waals surface area contributed by atoms with Gasteiger partial charge >= 0.3 is 0 Å². The fraction of sp³-hybridized carbons (Fsp3) is 0.222. The van der Waals surface area contributed by atoms with Gasteiger partial charge in [0.2, 0.25) is 0 Å². The zero-order valence-corrected chi connectivity index (χ0v) is 5.78. The Labute approximate surface area is 59.4 Å². The normalized spacial score (nSPS) is 15.0. The Hall–Kier alpha value is -1.20. The Bertz CT molecular complexity index is 371. The second kappa shape index (κ2) is 1.89. The molecule has 0 atom stereocenters. The van der Waals surface area contributed by atoms with Gasteiger partial charge in [-0.1, -0.05) is 12.2 Å². The molecular weight excluding hydrogens is 122 g/mol. The van der Waals surface area contributed by atoms with Gasteiger partial charge in [0.1, 0.15) is 0 Å². The van der Waals surface area contributed by atoms with Crippen LogP contribution in [0.2, 0.25) is 0 Å². The Kier molecular flexibility index (Phi) is 1.06. The third kappa shape index (κ3) is 0.722. The number of nitrogens with one attached hydrogen (secondary N) is 1. The third-order valence-corrected chi connectivity index (χ3v) is 1.80. The fourth-order valence-electron chi connectivity index (χ4n) is 1.14. The molecule has 1 nitrogen and oxygen atoms in total. The lowest BCUT2D eigenvalue weighted by molar-refractivity contribution is 1.32. The molecule has 10 heavy (non-hydrogen) atoms. The number of rotatable bonds is 0. The van der Waals surface area contributed by atoms with Gasteiger partial charge in [0.15, 0.2) is 0 Å². The van der Waals surface area contributed by atoms with Gasteiger partial charge in [-0.2, -0.15) is 0 Å². The maximum absolute atomic E-state index is 3.60. The zero-order valence-electron chi connectivity index (χ0n) is 5.78. The number of aromatic nitrogens is 1. The maximum atomic E-state index is 3.60. The van der Waals surface area contributed by atoms with Crippen molar-refractivity contribution in [3.05, 3.63) is 29.4 Å². The van der Waals surface area contributed by atoms with Crippen LogP contribution in [-0.4, -0.2) is 4.98 Å². The molecule has 0 amide bonds. The highest BCUT2D eigenvalue weighted by molar-refractivity contribution is 5.57. The first kappa shape index (κ1) is 5.57. The largest absolute Gasteiger partial charge is 0.355 e. The average molecular weight is 131 g/mol. The van der Waals surface area contributed by atoms with Crippen LogP contribution in [-0.2, 0) is 0 Å². The lowest BCUT2D eigenvalue weighted by Gasteiger charge is -1.70. The summed E-state index contributed by atoms with van der Waals surface area (Å²) in [6.45, 7) is 3.60. The molecule has 1 aliphatic rings. The van der Waals surface area contributed by atoms with Crippen LogP contribution in [0.25, 0.3) is 11.3 Å². The first-order valence-electron chi connectivity index (χ1n) is 3.47. The van der Waals surface area contributed by atoms with Crippen LogP contribution >= 0.6 is 0 Å². The van der Waals surface area contributed by atoms with E-state index in [1.807, 2.05) is 6.20 Å². The van der Waals surface area contributed by atoms with Crippen LogP contribution in [0.5, 0.6) is 0 Å². The number of aromatic amines is 1. The van der Waals surface area contributed by atoms with Crippen molar-refractivity contribution in [3.63, 3.8) is 0 Å². The maximum Gasteiger partial charge on any atom is 0.0880 e.